The summed E-state index contributed by atoms with van der Waals surface area (Å²) in [5.41, 5.74) is -0.759. The van der Waals surface area contributed by atoms with Crippen LogP contribution in [0.4, 0.5) is 0 Å². The van der Waals surface area contributed by atoms with Gasteiger partial charge in [-0.15, -0.1) is 0 Å². The highest BCUT2D eigenvalue weighted by Crippen LogP contribution is 2.16. The maximum absolute atomic E-state index is 10.8. The van der Waals surface area contributed by atoms with Crippen LogP contribution in [0, 0.1) is 0 Å². The minimum Gasteiger partial charge on any atom is -0.386 e. The van der Waals surface area contributed by atoms with Crippen molar-refractivity contribution in [1.29, 1.82) is 0 Å². The smallest absolute Gasteiger partial charge is 0.147 e. The Morgan fingerprint density at radius 2 is 2.27 bits per heavy atom. The fraction of sp³-hybridized carbons (Fsp3) is 1.00. The van der Waals surface area contributed by atoms with E-state index in [4.69, 9.17) is 4.74 Å². The Balaban J connectivity index is 2.06. The zero-order valence-corrected chi connectivity index (χ0v) is 9.85. The van der Waals surface area contributed by atoms with Crippen molar-refractivity contribution < 1.29 is 18.3 Å². The van der Waals surface area contributed by atoms with Crippen molar-refractivity contribution in [2.75, 3.05) is 38.3 Å². The maximum Gasteiger partial charge on any atom is 0.147 e. The van der Waals surface area contributed by atoms with Crippen LogP contribution >= 0.6 is 0 Å². The molecule has 1 unspecified atom stereocenters. The molecule has 15 heavy (non-hydrogen) atoms. The standard InChI is InChI=1S/C9H19NO4S/c1-15(12,13)6-2-4-10-7-9(11)3-5-14-8-9/h10-11H,2-8H2,1H3. The molecule has 0 bridgehead atoms. The Morgan fingerprint density at radius 3 is 2.80 bits per heavy atom. The first-order valence-electron chi connectivity index (χ1n) is 5.10. The van der Waals surface area contributed by atoms with Crippen LogP contribution in [0.2, 0.25) is 0 Å². The van der Waals surface area contributed by atoms with E-state index in [1.54, 1.807) is 0 Å². The topological polar surface area (TPSA) is 75.6 Å². The summed E-state index contributed by atoms with van der Waals surface area (Å²) in [4.78, 5) is 0. The fourth-order valence-electron chi connectivity index (χ4n) is 1.52. The van der Waals surface area contributed by atoms with Gasteiger partial charge in [0.05, 0.1) is 12.4 Å². The molecular formula is C9H19NO4S. The Kier molecular flexibility index (Phi) is 4.51. The number of sulfone groups is 1. The second kappa shape index (κ2) is 5.25. The molecule has 1 saturated heterocycles. The molecule has 1 aliphatic rings. The van der Waals surface area contributed by atoms with Crippen LogP contribution in [0.25, 0.3) is 0 Å². The van der Waals surface area contributed by atoms with E-state index >= 15 is 0 Å². The van der Waals surface area contributed by atoms with E-state index < -0.39 is 15.4 Å². The summed E-state index contributed by atoms with van der Waals surface area (Å²) in [6, 6.07) is 0. The van der Waals surface area contributed by atoms with Crippen molar-refractivity contribution in [3.05, 3.63) is 0 Å². The van der Waals surface area contributed by atoms with Gasteiger partial charge in [0.25, 0.3) is 0 Å². The first kappa shape index (κ1) is 12.9. The zero-order chi connectivity index (χ0) is 11.4. The van der Waals surface area contributed by atoms with Crippen LogP contribution in [-0.2, 0) is 14.6 Å². The van der Waals surface area contributed by atoms with E-state index in [1.807, 2.05) is 0 Å². The summed E-state index contributed by atoms with van der Waals surface area (Å²) < 4.78 is 26.7. The molecule has 5 nitrogen and oxygen atoms in total. The average Bonchev–Trinajstić information content (AvgIpc) is 2.50. The van der Waals surface area contributed by atoms with E-state index in [0.717, 1.165) is 0 Å². The summed E-state index contributed by atoms with van der Waals surface area (Å²) in [5.74, 6) is 0.189. The molecule has 0 radical (unpaired) electrons. The van der Waals surface area contributed by atoms with Crippen LogP contribution in [0.15, 0.2) is 0 Å². The summed E-state index contributed by atoms with van der Waals surface area (Å²) >= 11 is 0. The van der Waals surface area contributed by atoms with Gasteiger partial charge in [0.1, 0.15) is 15.4 Å². The third-order valence-electron chi connectivity index (χ3n) is 2.41. The van der Waals surface area contributed by atoms with Gasteiger partial charge in [-0.2, -0.15) is 0 Å². The largest absolute Gasteiger partial charge is 0.386 e. The molecule has 0 spiro atoms. The molecule has 1 heterocycles. The van der Waals surface area contributed by atoms with Gasteiger partial charge >= 0.3 is 0 Å². The monoisotopic (exact) mass is 237 g/mol. The minimum atomic E-state index is -2.87. The number of hydrogen-bond acceptors (Lipinski definition) is 5. The molecule has 0 aromatic rings. The molecule has 90 valence electrons. The normalized spacial score (nSPS) is 27.1. The van der Waals surface area contributed by atoms with E-state index in [-0.39, 0.29) is 5.75 Å². The second-order valence-corrected chi connectivity index (χ2v) is 6.45. The molecule has 0 amide bonds. The first-order valence-corrected chi connectivity index (χ1v) is 7.16. The van der Waals surface area contributed by atoms with Gasteiger partial charge < -0.3 is 15.2 Å². The number of nitrogens with one attached hydrogen (secondary N) is 1. The lowest BCUT2D eigenvalue weighted by molar-refractivity contribution is 0.0273. The molecule has 2 N–H and O–H groups in total. The summed E-state index contributed by atoms with van der Waals surface area (Å²) in [5, 5.41) is 12.9. The average molecular weight is 237 g/mol. The summed E-state index contributed by atoms with van der Waals surface area (Å²) in [7, 11) is -2.87. The second-order valence-electron chi connectivity index (χ2n) is 4.19. The van der Waals surface area contributed by atoms with Crippen LogP contribution in [0.5, 0.6) is 0 Å². The summed E-state index contributed by atoms with van der Waals surface area (Å²) in [6.45, 7) is 2.04. The van der Waals surface area contributed by atoms with Crippen molar-refractivity contribution in [1.82, 2.24) is 5.32 Å². The Bertz CT molecular complexity index is 282. The maximum atomic E-state index is 10.8. The van der Waals surface area contributed by atoms with Gasteiger partial charge in [0.15, 0.2) is 0 Å². The summed E-state index contributed by atoms with van der Waals surface area (Å²) in [6.07, 6.45) is 2.45. The highest BCUT2D eigenvalue weighted by molar-refractivity contribution is 7.90. The lowest BCUT2D eigenvalue weighted by atomic mass is 10.0. The van der Waals surface area contributed by atoms with Gasteiger partial charge in [-0.05, 0) is 13.0 Å². The molecule has 0 aromatic heterocycles. The third-order valence-corrected chi connectivity index (χ3v) is 3.44. The minimum absolute atomic E-state index is 0.189. The number of rotatable bonds is 6. The lowest BCUT2D eigenvalue weighted by Gasteiger charge is -2.20. The molecule has 0 saturated carbocycles. The highest BCUT2D eigenvalue weighted by Gasteiger charge is 2.31. The third kappa shape index (κ3) is 5.46. The van der Waals surface area contributed by atoms with Crippen LogP contribution in [0.3, 0.4) is 0 Å². The van der Waals surface area contributed by atoms with Crippen molar-refractivity contribution in [2.24, 2.45) is 0 Å². The van der Waals surface area contributed by atoms with Gasteiger partial charge in [-0.25, -0.2) is 8.42 Å². The Morgan fingerprint density at radius 1 is 1.53 bits per heavy atom. The van der Waals surface area contributed by atoms with E-state index in [1.165, 1.54) is 6.26 Å². The number of ether oxygens (including phenoxy) is 1. The predicted molar refractivity (Wildman–Crippen MR) is 57.6 cm³/mol. The molecule has 1 aliphatic heterocycles. The molecule has 6 heteroatoms. The predicted octanol–water partition coefficient (Wildman–Crippen LogP) is -0.838. The van der Waals surface area contributed by atoms with Gasteiger partial charge in [0, 0.05) is 25.8 Å². The van der Waals surface area contributed by atoms with Crippen LogP contribution in [-0.4, -0.2) is 57.4 Å². The van der Waals surface area contributed by atoms with Crippen molar-refractivity contribution in [2.45, 2.75) is 18.4 Å². The number of aliphatic hydroxyl groups is 1. The SMILES string of the molecule is CS(=O)(=O)CCCNCC1(O)CCOC1. The van der Waals surface area contributed by atoms with E-state index in [9.17, 15) is 13.5 Å². The van der Waals surface area contributed by atoms with Crippen molar-refractivity contribution in [3.8, 4) is 0 Å². The fourth-order valence-corrected chi connectivity index (χ4v) is 2.19. The highest BCUT2D eigenvalue weighted by atomic mass is 32.2. The van der Waals surface area contributed by atoms with Gasteiger partial charge in [-0.3, -0.25) is 0 Å². The van der Waals surface area contributed by atoms with E-state index in [2.05, 4.69) is 5.32 Å². The van der Waals surface area contributed by atoms with Crippen LogP contribution < -0.4 is 5.32 Å². The molecular weight excluding hydrogens is 218 g/mol. The first-order chi connectivity index (χ1) is 6.91. The Hall–Kier alpha value is -0.170. The van der Waals surface area contributed by atoms with Crippen molar-refractivity contribution >= 4 is 9.84 Å². The van der Waals surface area contributed by atoms with Crippen LogP contribution in [0.1, 0.15) is 12.8 Å². The molecule has 0 aromatic carbocycles. The molecule has 1 rings (SSSR count). The quantitative estimate of drug-likeness (QED) is 0.589. The lowest BCUT2D eigenvalue weighted by Crippen LogP contribution is -2.41. The molecule has 0 aliphatic carbocycles. The molecule has 1 fully saturated rings. The van der Waals surface area contributed by atoms with Gasteiger partial charge in [-0.1, -0.05) is 0 Å². The van der Waals surface area contributed by atoms with E-state index in [0.29, 0.717) is 39.1 Å². The molecule has 1 atom stereocenters. The van der Waals surface area contributed by atoms with Gasteiger partial charge in [0.2, 0.25) is 0 Å². The van der Waals surface area contributed by atoms with Crippen molar-refractivity contribution in [3.63, 3.8) is 0 Å². The zero-order valence-electron chi connectivity index (χ0n) is 9.03. The Labute approximate surface area is 90.7 Å². The number of hydrogen-bond donors (Lipinski definition) is 2.